The number of carbonyl (C=O) groups is 1. The molecule has 2 aromatic heterocycles. The summed E-state index contributed by atoms with van der Waals surface area (Å²) in [6.45, 7) is 0.317. The molecule has 1 amide bonds. The molecule has 3 aromatic rings. The lowest BCUT2D eigenvalue weighted by molar-refractivity contribution is 0.102. The van der Waals surface area contributed by atoms with Crippen LogP contribution in [0.4, 0.5) is 5.82 Å². The molecule has 3 rings (SSSR count). The van der Waals surface area contributed by atoms with E-state index >= 15 is 0 Å². The number of halogens is 2. The van der Waals surface area contributed by atoms with Crippen LogP contribution in [-0.4, -0.2) is 23.0 Å². The molecule has 1 aromatic carbocycles. The van der Waals surface area contributed by atoms with Crippen molar-refractivity contribution >= 4 is 34.9 Å². The van der Waals surface area contributed by atoms with Crippen LogP contribution in [0, 0.1) is 0 Å². The van der Waals surface area contributed by atoms with Crippen LogP contribution in [0.2, 0.25) is 10.0 Å². The average Bonchev–Trinajstić information content (AvgIpc) is 2.68. The summed E-state index contributed by atoms with van der Waals surface area (Å²) in [4.78, 5) is 20.7. The van der Waals surface area contributed by atoms with E-state index < -0.39 is 5.91 Å². The summed E-state index contributed by atoms with van der Waals surface area (Å²) < 4.78 is 10.9. The van der Waals surface area contributed by atoms with Gasteiger partial charge in [-0.1, -0.05) is 23.2 Å². The molecule has 6 nitrogen and oxygen atoms in total. The molecule has 0 unspecified atom stereocenters. The average molecular weight is 404 g/mol. The van der Waals surface area contributed by atoms with E-state index in [0.717, 1.165) is 5.56 Å². The van der Waals surface area contributed by atoms with Crippen molar-refractivity contribution in [1.82, 2.24) is 9.97 Å². The fourth-order valence-corrected chi connectivity index (χ4v) is 2.95. The summed E-state index contributed by atoms with van der Waals surface area (Å²) in [7, 11) is 1.45. The Hall–Kier alpha value is -2.83. The highest BCUT2D eigenvalue weighted by Gasteiger charge is 2.16. The summed E-state index contributed by atoms with van der Waals surface area (Å²) >= 11 is 12.2. The van der Waals surface area contributed by atoms with Crippen molar-refractivity contribution in [3.63, 3.8) is 0 Å². The van der Waals surface area contributed by atoms with Gasteiger partial charge in [0.2, 0.25) is 0 Å². The summed E-state index contributed by atoms with van der Waals surface area (Å²) in [6.07, 6.45) is 4.92. The van der Waals surface area contributed by atoms with Crippen molar-refractivity contribution in [2.24, 2.45) is 0 Å². The van der Waals surface area contributed by atoms with Gasteiger partial charge in [-0.15, -0.1) is 0 Å². The number of nitrogens with one attached hydrogen (secondary N) is 1. The molecule has 27 heavy (non-hydrogen) atoms. The third-order valence-corrected chi connectivity index (χ3v) is 4.17. The minimum atomic E-state index is -0.422. The van der Waals surface area contributed by atoms with Gasteiger partial charge < -0.3 is 14.8 Å². The number of methoxy groups -OCH3 is 1. The van der Waals surface area contributed by atoms with E-state index in [1.54, 1.807) is 30.7 Å². The van der Waals surface area contributed by atoms with E-state index in [2.05, 4.69) is 15.3 Å². The monoisotopic (exact) mass is 403 g/mol. The van der Waals surface area contributed by atoms with Crippen LogP contribution in [0.25, 0.3) is 0 Å². The Bertz CT molecular complexity index is 929. The molecule has 0 aliphatic rings. The highest BCUT2D eigenvalue weighted by Crippen LogP contribution is 2.34. The smallest absolute Gasteiger partial charge is 0.257 e. The molecule has 1 N–H and O–H groups in total. The zero-order valence-corrected chi connectivity index (χ0v) is 15.8. The van der Waals surface area contributed by atoms with Gasteiger partial charge in [0.05, 0.1) is 17.2 Å². The number of benzene rings is 1. The maximum absolute atomic E-state index is 12.6. The number of nitrogens with zero attached hydrogens (tertiary/aromatic N) is 2. The first-order chi connectivity index (χ1) is 13.1. The van der Waals surface area contributed by atoms with Gasteiger partial charge >= 0.3 is 0 Å². The number of rotatable bonds is 6. The van der Waals surface area contributed by atoms with Crippen LogP contribution < -0.4 is 14.8 Å². The summed E-state index contributed by atoms with van der Waals surface area (Å²) in [6, 6.07) is 10.1. The third-order valence-electron chi connectivity index (χ3n) is 3.61. The SMILES string of the molecule is COc1c(Cl)cc(C(=O)Nc2ncccc2OCc2ccncc2)cc1Cl. The second kappa shape index (κ2) is 8.70. The molecule has 2 heterocycles. The van der Waals surface area contributed by atoms with Crippen LogP contribution in [0.1, 0.15) is 15.9 Å². The lowest BCUT2D eigenvalue weighted by Crippen LogP contribution is -2.14. The van der Waals surface area contributed by atoms with E-state index in [9.17, 15) is 4.79 Å². The fourth-order valence-electron chi connectivity index (χ4n) is 2.31. The fraction of sp³-hybridized carbons (Fsp3) is 0.105. The zero-order valence-electron chi connectivity index (χ0n) is 14.3. The quantitative estimate of drug-likeness (QED) is 0.649. The van der Waals surface area contributed by atoms with Crippen LogP contribution in [0.3, 0.4) is 0 Å². The maximum atomic E-state index is 12.6. The van der Waals surface area contributed by atoms with Crippen molar-refractivity contribution in [3.05, 3.63) is 76.2 Å². The summed E-state index contributed by atoms with van der Waals surface area (Å²) in [5, 5.41) is 3.19. The third kappa shape index (κ3) is 4.67. The Balaban J connectivity index is 1.77. The van der Waals surface area contributed by atoms with E-state index in [0.29, 0.717) is 23.9 Å². The second-order valence-corrected chi connectivity index (χ2v) is 6.24. The van der Waals surface area contributed by atoms with Crippen molar-refractivity contribution < 1.29 is 14.3 Å². The number of pyridine rings is 2. The van der Waals surface area contributed by atoms with E-state index in [1.807, 2.05) is 12.1 Å². The van der Waals surface area contributed by atoms with Crippen LogP contribution in [-0.2, 0) is 6.61 Å². The van der Waals surface area contributed by atoms with Crippen molar-refractivity contribution in [3.8, 4) is 11.5 Å². The molecular weight excluding hydrogens is 389 g/mol. The molecule has 0 spiro atoms. The molecule has 0 saturated heterocycles. The summed E-state index contributed by atoms with van der Waals surface area (Å²) in [5.74, 6) is 0.621. The van der Waals surface area contributed by atoms with E-state index in [1.165, 1.54) is 19.2 Å². The molecule has 138 valence electrons. The topological polar surface area (TPSA) is 73.3 Å². The number of amides is 1. The minimum absolute atomic E-state index is 0.241. The summed E-state index contributed by atoms with van der Waals surface area (Å²) in [5.41, 5.74) is 1.22. The van der Waals surface area contributed by atoms with Gasteiger partial charge in [-0.25, -0.2) is 4.98 Å². The number of anilines is 1. The predicted molar refractivity (Wildman–Crippen MR) is 104 cm³/mol. The van der Waals surface area contributed by atoms with Crippen molar-refractivity contribution in [2.75, 3.05) is 12.4 Å². The molecule has 0 atom stereocenters. The first-order valence-corrected chi connectivity index (χ1v) is 8.65. The normalized spacial score (nSPS) is 10.3. The molecule has 8 heteroatoms. The standard InChI is InChI=1S/C19H15Cl2N3O3/c1-26-17-14(20)9-13(10-15(17)21)19(25)24-18-16(3-2-6-23-18)27-11-12-4-7-22-8-5-12/h2-10H,11H2,1H3,(H,23,24,25). The Morgan fingerprint density at radius 3 is 2.48 bits per heavy atom. The Morgan fingerprint density at radius 2 is 1.81 bits per heavy atom. The van der Waals surface area contributed by atoms with Crippen molar-refractivity contribution in [2.45, 2.75) is 6.61 Å². The maximum Gasteiger partial charge on any atom is 0.257 e. The van der Waals surface area contributed by atoms with Gasteiger partial charge in [-0.2, -0.15) is 0 Å². The first-order valence-electron chi connectivity index (χ1n) is 7.89. The lowest BCUT2D eigenvalue weighted by Gasteiger charge is -2.12. The van der Waals surface area contributed by atoms with E-state index in [-0.39, 0.29) is 15.6 Å². The Labute approximate surface area is 166 Å². The van der Waals surface area contributed by atoms with Gasteiger partial charge in [0, 0.05) is 24.2 Å². The Kier molecular flexibility index (Phi) is 6.11. The first kappa shape index (κ1) is 18.9. The van der Waals surface area contributed by atoms with E-state index in [4.69, 9.17) is 32.7 Å². The van der Waals surface area contributed by atoms with Crippen molar-refractivity contribution in [1.29, 1.82) is 0 Å². The number of aromatic nitrogens is 2. The molecular formula is C19H15Cl2N3O3. The number of ether oxygens (including phenoxy) is 2. The zero-order chi connectivity index (χ0) is 19.2. The molecule has 0 bridgehead atoms. The Morgan fingerprint density at radius 1 is 1.11 bits per heavy atom. The minimum Gasteiger partial charge on any atom is -0.494 e. The number of hydrogen-bond acceptors (Lipinski definition) is 5. The largest absolute Gasteiger partial charge is 0.494 e. The van der Waals surface area contributed by atoms with Crippen LogP contribution in [0.5, 0.6) is 11.5 Å². The molecule has 0 aliphatic carbocycles. The molecule has 0 aliphatic heterocycles. The lowest BCUT2D eigenvalue weighted by atomic mass is 10.2. The van der Waals surface area contributed by atoms with Gasteiger partial charge in [0.15, 0.2) is 17.3 Å². The molecule has 0 radical (unpaired) electrons. The van der Waals surface area contributed by atoms with Crippen LogP contribution >= 0.6 is 23.2 Å². The number of hydrogen-bond donors (Lipinski definition) is 1. The van der Waals surface area contributed by atoms with Gasteiger partial charge in [-0.05, 0) is 42.0 Å². The number of carbonyl (C=O) groups excluding carboxylic acids is 1. The molecule has 0 fully saturated rings. The second-order valence-electron chi connectivity index (χ2n) is 5.42. The van der Waals surface area contributed by atoms with Gasteiger partial charge in [-0.3, -0.25) is 9.78 Å². The van der Waals surface area contributed by atoms with Gasteiger partial charge in [0.25, 0.3) is 5.91 Å². The molecule has 0 saturated carbocycles. The highest BCUT2D eigenvalue weighted by atomic mass is 35.5. The van der Waals surface area contributed by atoms with Crippen LogP contribution in [0.15, 0.2) is 55.0 Å². The predicted octanol–water partition coefficient (Wildman–Crippen LogP) is 4.62. The highest BCUT2D eigenvalue weighted by molar-refractivity contribution is 6.37. The van der Waals surface area contributed by atoms with Gasteiger partial charge in [0.1, 0.15) is 6.61 Å².